The van der Waals surface area contributed by atoms with E-state index in [2.05, 4.69) is 38.1 Å². The Morgan fingerprint density at radius 2 is 1.50 bits per heavy atom. The van der Waals surface area contributed by atoms with Crippen LogP contribution in [0.5, 0.6) is 0 Å². The second kappa shape index (κ2) is 10.3. The molecule has 0 heterocycles. The van der Waals surface area contributed by atoms with E-state index in [-0.39, 0.29) is 51.4 Å². The van der Waals surface area contributed by atoms with Crippen LogP contribution in [0.4, 0.5) is 0 Å². The van der Waals surface area contributed by atoms with Gasteiger partial charge in [0.25, 0.3) is 11.0 Å². The molecule has 0 amide bonds. The summed E-state index contributed by atoms with van der Waals surface area (Å²) in [5.41, 5.74) is 1.41. The summed E-state index contributed by atoms with van der Waals surface area (Å²) < 4.78 is 24.2. The molecular formula is C9H15KO3S. The Hall–Kier alpha value is 0.766. The molecule has 0 spiro atoms. The van der Waals surface area contributed by atoms with Crippen LogP contribution in [-0.4, -0.2) is 64.4 Å². The summed E-state index contributed by atoms with van der Waals surface area (Å²) >= 11 is 0. The summed E-state index contributed by atoms with van der Waals surface area (Å²) in [5.74, 6) is 0.659. The summed E-state index contributed by atoms with van der Waals surface area (Å²) in [6.45, 7) is 4.41. The Morgan fingerprint density at radius 1 is 1.14 bits per heavy atom. The standard InChI is InChI=1S/C9H12.K.H2O3S.H/c1-8(2)9-6-4-3-5-7-9;;1-4(2)3;/h3-8H,1-2H3;;4H,(H,1,2,3);. The fourth-order valence-corrected chi connectivity index (χ4v) is 0.838. The molecule has 0 aliphatic rings. The van der Waals surface area contributed by atoms with Crippen LogP contribution in [-0.2, 0) is 11.0 Å². The van der Waals surface area contributed by atoms with Crippen molar-refractivity contribution in [3.8, 4) is 0 Å². The Labute approximate surface area is 129 Å². The van der Waals surface area contributed by atoms with E-state index in [1.54, 1.807) is 0 Å². The second-order valence-corrected chi connectivity index (χ2v) is 3.28. The molecule has 0 saturated heterocycles. The molecule has 0 aliphatic carbocycles. The average molecular weight is 242 g/mol. The molecule has 0 unspecified atom stereocenters. The van der Waals surface area contributed by atoms with E-state index in [1.807, 2.05) is 6.07 Å². The molecule has 76 valence electrons. The van der Waals surface area contributed by atoms with Crippen molar-refractivity contribution < 1.29 is 13.0 Å². The molecular weight excluding hydrogens is 227 g/mol. The quantitative estimate of drug-likeness (QED) is 0.442. The Morgan fingerprint density at radius 3 is 1.71 bits per heavy atom. The molecule has 0 aromatic heterocycles. The van der Waals surface area contributed by atoms with Gasteiger partial charge in [-0.2, -0.15) is 0 Å². The van der Waals surface area contributed by atoms with Gasteiger partial charge < -0.3 is 0 Å². The van der Waals surface area contributed by atoms with Gasteiger partial charge in [-0.25, -0.2) is 8.42 Å². The van der Waals surface area contributed by atoms with Crippen LogP contribution in [0.1, 0.15) is 25.3 Å². The van der Waals surface area contributed by atoms with Gasteiger partial charge in [0.1, 0.15) is 0 Å². The number of benzene rings is 1. The van der Waals surface area contributed by atoms with Crippen molar-refractivity contribution in [2.24, 2.45) is 0 Å². The molecule has 3 nitrogen and oxygen atoms in total. The molecule has 1 rings (SSSR count). The maximum absolute atomic E-state index is 8.59. The van der Waals surface area contributed by atoms with Crippen molar-refractivity contribution in [3.05, 3.63) is 35.9 Å². The van der Waals surface area contributed by atoms with Crippen molar-refractivity contribution in [1.29, 1.82) is 0 Å². The summed E-state index contributed by atoms with van der Waals surface area (Å²) in [4.78, 5) is 0. The molecule has 0 radical (unpaired) electrons. The van der Waals surface area contributed by atoms with Crippen molar-refractivity contribution in [2.75, 3.05) is 0 Å². The van der Waals surface area contributed by atoms with Gasteiger partial charge >= 0.3 is 51.4 Å². The fourth-order valence-electron chi connectivity index (χ4n) is 0.838. The van der Waals surface area contributed by atoms with Crippen molar-refractivity contribution >= 4 is 62.4 Å². The van der Waals surface area contributed by atoms with Crippen molar-refractivity contribution in [3.63, 3.8) is 0 Å². The maximum atomic E-state index is 8.59. The normalized spacial score (nSPS) is 8.93. The molecule has 5 heteroatoms. The molecule has 0 fully saturated rings. The van der Waals surface area contributed by atoms with E-state index in [0.717, 1.165) is 0 Å². The monoisotopic (exact) mass is 242 g/mol. The van der Waals surface area contributed by atoms with E-state index in [9.17, 15) is 0 Å². The van der Waals surface area contributed by atoms with Crippen LogP contribution in [0.25, 0.3) is 0 Å². The van der Waals surface area contributed by atoms with Gasteiger partial charge in [0.2, 0.25) is 0 Å². The van der Waals surface area contributed by atoms with Crippen LogP contribution >= 0.6 is 0 Å². The van der Waals surface area contributed by atoms with Gasteiger partial charge in [-0.3, -0.25) is 4.55 Å². The third-order valence-corrected chi connectivity index (χ3v) is 1.47. The minimum absolute atomic E-state index is 0. The topological polar surface area (TPSA) is 54.4 Å². The number of hydrogen-bond acceptors (Lipinski definition) is 2. The van der Waals surface area contributed by atoms with E-state index in [1.165, 1.54) is 5.56 Å². The van der Waals surface area contributed by atoms with Crippen molar-refractivity contribution in [1.82, 2.24) is 0 Å². The summed E-state index contributed by atoms with van der Waals surface area (Å²) in [6, 6.07) is 10.5. The molecule has 0 bridgehead atoms. The van der Waals surface area contributed by atoms with E-state index < -0.39 is 11.0 Å². The number of rotatable bonds is 1. The average Bonchev–Trinajstić information content (AvgIpc) is 2.05. The van der Waals surface area contributed by atoms with Crippen LogP contribution in [0.2, 0.25) is 0 Å². The third-order valence-electron chi connectivity index (χ3n) is 1.47. The summed E-state index contributed by atoms with van der Waals surface area (Å²) in [7, 11) is -3.12. The van der Waals surface area contributed by atoms with Gasteiger partial charge in [0.15, 0.2) is 0 Å². The number of hydrogen-bond donors (Lipinski definition) is 2. The molecule has 0 atom stereocenters. The van der Waals surface area contributed by atoms with Gasteiger partial charge in [0, 0.05) is 0 Å². The first-order chi connectivity index (χ1) is 6.04. The van der Waals surface area contributed by atoms with Crippen LogP contribution < -0.4 is 0 Å². The second-order valence-electron chi connectivity index (χ2n) is 2.80. The molecule has 14 heavy (non-hydrogen) atoms. The van der Waals surface area contributed by atoms with Crippen LogP contribution in [0.3, 0.4) is 0 Å². The van der Waals surface area contributed by atoms with Gasteiger partial charge in [-0.05, 0) is 11.5 Å². The van der Waals surface area contributed by atoms with Crippen molar-refractivity contribution in [2.45, 2.75) is 19.8 Å². The Kier molecular flexibility index (Phi) is 12.6. The Balaban J connectivity index is 0. The molecule has 0 saturated carbocycles. The zero-order valence-electron chi connectivity index (χ0n) is 7.68. The summed E-state index contributed by atoms with van der Waals surface area (Å²) in [6.07, 6.45) is 0. The van der Waals surface area contributed by atoms with Crippen LogP contribution in [0, 0.1) is 0 Å². The Bertz CT molecular complexity index is 288. The van der Waals surface area contributed by atoms with Gasteiger partial charge in [0.05, 0.1) is 0 Å². The first-order valence-electron chi connectivity index (χ1n) is 3.92. The molecule has 1 N–H and O–H groups in total. The van der Waals surface area contributed by atoms with E-state index >= 15 is 0 Å². The summed E-state index contributed by atoms with van der Waals surface area (Å²) in [5, 5.41) is 0. The molecule has 1 aromatic rings. The van der Waals surface area contributed by atoms with Gasteiger partial charge in [-0.1, -0.05) is 44.2 Å². The first-order valence-corrected chi connectivity index (χ1v) is 5.05. The number of thiol groups is 1. The predicted molar refractivity (Wildman–Crippen MR) is 60.6 cm³/mol. The molecule has 0 aliphatic heterocycles. The van der Waals surface area contributed by atoms with Gasteiger partial charge in [-0.15, -0.1) is 0 Å². The first kappa shape index (κ1) is 17.2. The van der Waals surface area contributed by atoms with Crippen LogP contribution in [0.15, 0.2) is 30.3 Å². The minimum atomic E-state index is -3.12. The third kappa shape index (κ3) is 10.8. The van der Waals surface area contributed by atoms with E-state index in [4.69, 9.17) is 13.0 Å². The zero-order valence-corrected chi connectivity index (χ0v) is 8.57. The predicted octanol–water partition coefficient (Wildman–Crippen LogP) is 1.23. The SMILES string of the molecule is CC(C)c1ccccc1.O=[SH](=O)O.[KH]. The fraction of sp³-hybridized carbons (Fsp3) is 0.333. The van der Waals surface area contributed by atoms with E-state index in [0.29, 0.717) is 5.92 Å². The molecule has 1 aromatic carbocycles. The zero-order chi connectivity index (χ0) is 10.3.